The third-order valence-corrected chi connectivity index (χ3v) is 5.16. The number of nitro benzene ring substituents is 1. The number of carbonyl (C=O) groups excluding carboxylic acids is 1. The van der Waals surface area contributed by atoms with Gasteiger partial charge in [-0.25, -0.2) is 0 Å². The lowest BCUT2D eigenvalue weighted by molar-refractivity contribution is -0.384. The summed E-state index contributed by atoms with van der Waals surface area (Å²) in [7, 11) is 1.92. The van der Waals surface area contributed by atoms with E-state index < -0.39 is 4.92 Å². The molecule has 0 bridgehead atoms. The van der Waals surface area contributed by atoms with Crippen LogP contribution in [0.4, 0.5) is 17.1 Å². The highest BCUT2D eigenvalue weighted by Gasteiger charge is 2.30. The number of amides is 1. The normalized spacial score (nSPS) is 14.0. The fraction of sp³-hybridized carbons (Fsp3) is 0.125. The van der Waals surface area contributed by atoms with Gasteiger partial charge in [0.05, 0.1) is 16.2 Å². The van der Waals surface area contributed by atoms with Gasteiger partial charge in [-0.05, 0) is 49.3 Å². The van der Waals surface area contributed by atoms with Crippen molar-refractivity contribution in [3.8, 4) is 0 Å². The highest BCUT2D eigenvalue weighted by atomic mass is 16.6. The van der Waals surface area contributed by atoms with Crippen LogP contribution in [0.25, 0.3) is 11.3 Å². The van der Waals surface area contributed by atoms with E-state index in [0.29, 0.717) is 22.5 Å². The number of nitrogens with zero attached hydrogens (tertiary/aromatic N) is 1. The first-order valence-corrected chi connectivity index (χ1v) is 9.97. The molecule has 3 aromatic rings. The second-order valence-electron chi connectivity index (χ2n) is 7.23. The number of carbonyl (C=O) groups is 1. The van der Waals surface area contributed by atoms with Crippen molar-refractivity contribution in [2.45, 2.75) is 6.42 Å². The Kier molecular flexibility index (Phi) is 5.77. The Morgan fingerprint density at radius 1 is 1.03 bits per heavy atom. The van der Waals surface area contributed by atoms with E-state index >= 15 is 0 Å². The maximum absolute atomic E-state index is 12.9. The number of fused-ring (bicyclic) bond motifs is 1. The van der Waals surface area contributed by atoms with Crippen molar-refractivity contribution >= 4 is 34.2 Å². The highest BCUT2D eigenvalue weighted by Crippen LogP contribution is 2.39. The summed E-state index contributed by atoms with van der Waals surface area (Å²) in [5, 5.41) is 20.6. The topological polar surface area (TPSA) is 96.3 Å². The average Bonchev–Trinajstić information content (AvgIpc) is 3.12. The molecule has 0 saturated carbocycles. The summed E-state index contributed by atoms with van der Waals surface area (Å²) in [6.45, 7) is 0.891. The summed E-state index contributed by atoms with van der Waals surface area (Å²) in [6.07, 6.45) is 0.920. The number of hydrogen-bond acceptors (Lipinski definition) is 5. The van der Waals surface area contributed by atoms with Crippen molar-refractivity contribution in [3.63, 3.8) is 0 Å². The number of nitro groups is 1. The van der Waals surface area contributed by atoms with E-state index in [2.05, 4.69) is 16.0 Å². The molecular formula is C24H22N4O3. The smallest absolute Gasteiger partial charge is 0.270 e. The SMILES string of the molecule is CNCCc1ccc(N/C(=C2\C(=O)Nc3ccc([N+](=O)[O-])cc32)c2ccccc2)cc1. The standard InChI is InChI=1S/C24H22N4O3/c1-25-14-13-16-7-9-18(10-8-16)26-23(17-5-3-2-4-6-17)22-20-15-19(28(30)31)11-12-21(20)27-24(22)29/h2-12,15,25-26H,13-14H2,1H3,(H,27,29)/b23-22-. The Labute approximate surface area is 180 Å². The zero-order valence-corrected chi connectivity index (χ0v) is 17.0. The molecule has 3 N–H and O–H groups in total. The van der Waals surface area contributed by atoms with Gasteiger partial charge in [-0.15, -0.1) is 0 Å². The number of nitrogens with one attached hydrogen (secondary N) is 3. The third-order valence-electron chi connectivity index (χ3n) is 5.16. The van der Waals surface area contributed by atoms with E-state index in [1.807, 2.05) is 61.6 Å². The van der Waals surface area contributed by atoms with Crippen LogP contribution in [-0.4, -0.2) is 24.4 Å². The van der Waals surface area contributed by atoms with Crippen molar-refractivity contribution in [1.29, 1.82) is 0 Å². The summed E-state index contributed by atoms with van der Waals surface area (Å²) >= 11 is 0. The molecule has 0 atom stereocenters. The van der Waals surface area contributed by atoms with Crippen molar-refractivity contribution < 1.29 is 9.72 Å². The Hall–Kier alpha value is -3.97. The molecule has 1 amide bonds. The van der Waals surface area contributed by atoms with Crippen LogP contribution < -0.4 is 16.0 Å². The highest BCUT2D eigenvalue weighted by molar-refractivity contribution is 6.37. The second kappa shape index (κ2) is 8.81. The van der Waals surface area contributed by atoms with Crippen LogP contribution in [0.3, 0.4) is 0 Å². The molecule has 0 aromatic heterocycles. The van der Waals surface area contributed by atoms with Crippen LogP contribution in [0.15, 0.2) is 72.8 Å². The van der Waals surface area contributed by atoms with Crippen molar-refractivity contribution in [1.82, 2.24) is 5.32 Å². The Morgan fingerprint density at radius 3 is 2.45 bits per heavy atom. The Morgan fingerprint density at radius 2 is 1.77 bits per heavy atom. The molecule has 7 nitrogen and oxygen atoms in total. The van der Waals surface area contributed by atoms with Gasteiger partial charge < -0.3 is 16.0 Å². The first kappa shape index (κ1) is 20.3. The minimum Gasteiger partial charge on any atom is -0.354 e. The number of non-ortho nitro benzene ring substituents is 1. The number of benzene rings is 3. The number of anilines is 2. The maximum atomic E-state index is 12.9. The van der Waals surface area contributed by atoms with E-state index in [1.54, 1.807) is 6.07 Å². The molecule has 3 aromatic carbocycles. The molecule has 1 aliphatic rings. The summed E-state index contributed by atoms with van der Waals surface area (Å²) in [6, 6.07) is 21.9. The Balaban J connectivity index is 1.80. The van der Waals surface area contributed by atoms with Crippen molar-refractivity contribution in [3.05, 3.63) is 99.6 Å². The molecular weight excluding hydrogens is 392 g/mol. The van der Waals surface area contributed by atoms with E-state index in [9.17, 15) is 14.9 Å². The third kappa shape index (κ3) is 4.31. The molecule has 0 radical (unpaired) electrons. The molecule has 0 aliphatic carbocycles. The van der Waals surface area contributed by atoms with Gasteiger partial charge in [0.25, 0.3) is 11.6 Å². The molecule has 1 aliphatic heterocycles. The lowest BCUT2D eigenvalue weighted by Gasteiger charge is -2.15. The van der Waals surface area contributed by atoms with Crippen LogP contribution in [0, 0.1) is 10.1 Å². The monoisotopic (exact) mass is 414 g/mol. The molecule has 0 spiro atoms. The first-order valence-electron chi connectivity index (χ1n) is 9.97. The van der Waals surface area contributed by atoms with Gasteiger partial charge in [-0.3, -0.25) is 14.9 Å². The van der Waals surface area contributed by atoms with Crippen molar-refractivity contribution in [2.75, 3.05) is 24.2 Å². The average molecular weight is 414 g/mol. The van der Waals surface area contributed by atoms with E-state index in [-0.39, 0.29) is 11.6 Å². The first-order chi connectivity index (χ1) is 15.1. The zero-order valence-electron chi connectivity index (χ0n) is 17.0. The fourth-order valence-corrected chi connectivity index (χ4v) is 3.57. The van der Waals surface area contributed by atoms with Gasteiger partial charge in [-0.1, -0.05) is 42.5 Å². The molecule has 0 fully saturated rings. The summed E-state index contributed by atoms with van der Waals surface area (Å²) in [5.74, 6) is -0.299. The predicted molar refractivity (Wildman–Crippen MR) is 123 cm³/mol. The van der Waals surface area contributed by atoms with Gasteiger partial charge in [0.15, 0.2) is 0 Å². The largest absolute Gasteiger partial charge is 0.354 e. The molecule has 4 rings (SSSR count). The number of hydrogen-bond donors (Lipinski definition) is 3. The quantitative estimate of drug-likeness (QED) is 0.304. The van der Waals surface area contributed by atoms with E-state index in [1.165, 1.54) is 17.7 Å². The van der Waals surface area contributed by atoms with Gasteiger partial charge in [0, 0.05) is 29.1 Å². The second-order valence-corrected chi connectivity index (χ2v) is 7.23. The van der Waals surface area contributed by atoms with Crippen molar-refractivity contribution in [2.24, 2.45) is 0 Å². The number of likely N-dealkylation sites (N-methyl/N-ethyl adjacent to an activating group) is 1. The lowest BCUT2D eigenvalue weighted by atomic mass is 9.99. The minimum atomic E-state index is -0.458. The van der Waals surface area contributed by atoms with E-state index in [0.717, 1.165) is 24.2 Å². The van der Waals surface area contributed by atoms with Gasteiger partial charge >= 0.3 is 0 Å². The summed E-state index contributed by atoms with van der Waals surface area (Å²) in [5.41, 5.74) is 4.82. The van der Waals surface area contributed by atoms with E-state index in [4.69, 9.17) is 0 Å². The molecule has 7 heteroatoms. The molecule has 31 heavy (non-hydrogen) atoms. The number of rotatable bonds is 7. The summed E-state index contributed by atoms with van der Waals surface area (Å²) < 4.78 is 0. The van der Waals surface area contributed by atoms with Crippen LogP contribution >= 0.6 is 0 Å². The minimum absolute atomic E-state index is 0.0611. The molecule has 0 saturated heterocycles. The van der Waals surface area contributed by atoms with Crippen LogP contribution in [0.5, 0.6) is 0 Å². The van der Waals surface area contributed by atoms with Crippen LogP contribution in [-0.2, 0) is 11.2 Å². The molecule has 0 unspecified atom stereocenters. The van der Waals surface area contributed by atoms with Crippen LogP contribution in [0.1, 0.15) is 16.7 Å². The van der Waals surface area contributed by atoms with Crippen LogP contribution in [0.2, 0.25) is 0 Å². The van der Waals surface area contributed by atoms with Gasteiger partial charge in [-0.2, -0.15) is 0 Å². The molecule has 156 valence electrons. The maximum Gasteiger partial charge on any atom is 0.270 e. The summed E-state index contributed by atoms with van der Waals surface area (Å²) in [4.78, 5) is 23.7. The lowest BCUT2D eigenvalue weighted by Crippen LogP contribution is -2.11. The van der Waals surface area contributed by atoms with Gasteiger partial charge in [0.1, 0.15) is 0 Å². The zero-order chi connectivity index (χ0) is 21.8. The molecule has 1 heterocycles. The predicted octanol–water partition coefficient (Wildman–Crippen LogP) is 4.29. The van der Waals surface area contributed by atoms with Gasteiger partial charge in [0.2, 0.25) is 0 Å². The Bertz CT molecular complexity index is 1160. The fourth-order valence-electron chi connectivity index (χ4n) is 3.57.